The van der Waals surface area contributed by atoms with Crippen LogP contribution in [0.2, 0.25) is 10.0 Å². The van der Waals surface area contributed by atoms with E-state index in [1.165, 1.54) is 11.8 Å². The Balaban J connectivity index is 2.25. The van der Waals surface area contributed by atoms with Crippen molar-refractivity contribution in [3.63, 3.8) is 0 Å². The largest absolute Gasteiger partial charge is 0.324 e. The van der Waals surface area contributed by atoms with E-state index < -0.39 is 0 Å². The lowest BCUT2D eigenvalue weighted by molar-refractivity contribution is -0.120. The maximum atomic E-state index is 12.4. The van der Waals surface area contributed by atoms with Crippen LogP contribution in [0.1, 0.15) is 23.6 Å². The third-order valence-electron chi connectivity index (χ3n) is 3.81. The molecular formula is C19H20Cl2N2O2. The van der Waals surface area contributed by atoms with Crippen molar-refractivity contribution in [1.82, 2.24) is 0 Å². The Hall–Kier alpha value is -2.04. The molecule has 2 amide bonds. The van der Waals surface area contributed by atoms with E-state index in [1.54, 1.807) is 24.3 Å². The fourth-order valence-corrected chi connectivity index (χ4v) is 3.35. The fraction of sp³-hybridized carbons (Fsp3) is 0.263. The predicted molar refractivity (Wildman–Crippen MR) is 104 cm³/mol. The van der Waals surface area contributed by atoms with Gasteiger partial charge in [-0.25, -0.2) is 0 Å². The van der Waals surface area contributed by atoms with Gasteiger partial charge in [-0.1, -0.05) is 29.3 Å². The quantitative estimate of drug-likeness (QED) is 0.821. The predicted octanol–water partition coefficient (Wildman–Crippen LogP) is 4.91. The second kappa shape index (κ2) is 7.89. The smallest absolute Gasteiger partial charge is 0.244 e. The van der Waals surface area contributed by atoms with Crippen LogP contribution in [0.4, 0.5) is 11.4 Å². The minimum atomic E-state index is -0.309. The van der Waals surface area contributed by atoms with E-state index in [1.807, 2.05) is 26.8 Å². The summed E-state index contributed by atoms with van der Waals surface area (Å²) in [5, 5.41) is 3.86. The van der Waals surface area contributed by atoms with Crippen molar-refractivity contribution in [3.05, 3.63) is 57.1 Å². The van der Waals surface area contributed by atoms with Crippen LogP contribution < -0.4 is 10.2 Å². The molecule has 132 valence electrons. The van der Waals surface area contributed by atoms with Crippen LogP contribution in [0, 0.1) is 20.8 Å². The van der Waals surface area contributed by atoms with E-state index in [-0.39, 0.29) is 18.4 Å². The molecule has 0 bridgehead atoms. The number of halogens is 2. The first-order chi connectivity index (χ1) is 11.7. The summed E-state index contributed by atoms with van der Waals surface area (Å²) in [7, 11) is 0. The van der Waals surface area contributed by atoms with Gasteiger partial charge in [-0.05, 0) is 61.7 Å². The molecule has 0 spiro atoms. The number of carbonyl (C=O) groups excluding carboxylic acids is 2. The molecule has 0 heterocycles. The lowest BCUT2D eigenvalue weighted by atomic mass is 10.1. The molecule has 0 unspecified atom stereocenters. The summed E-state index contributed by atoms with van der Waals surface area (Å²) in [5.74, 6) is -0.562. The Bertz CT molecular complexity index is 811. The van der Waals surface area contributed by atoms with Gasteiger partial charge in [0.05, 0.1) is 10.7 Å². The average molecular weight is 379 g/mol. The monoisotopic (exact) mass is 378 g/mol. The summed E-state index contributed by atoms with van der Waals surface area (Å²) in [6.45, 7) is 6.94. The van der Waals surface area contributed by atoms with Gasteiger partial charge in [0.1, 0.15) is 6.54 Å². The molecule has 0 saturated carbocycles. The van der Waals surface area contributed by atoms with Gasteiger partial charge in [-0.2, -0.15) is 0 Å². The zero-order valence-electron chi connectivity index (χ0n) is 14.6. The van der Waals surface area contributed by atoms with Crippen LogP contribution in [0.25, 0.3) is 0 Å². The molecule has 2 aromatic rings. The zero-order valence-corrected chi connectivity index (χ0v) is 16.1. The number of benzene rings is 2. The molecule has 0 aliphatic rings. The fourth-order valence-electron chi connectivity index (χ4n) is 2.70. The third-order valence-corrected chi connectivity index (χ3v) is 4.34. The van der Waals surface area contributed by atoms with Crippen molar-refractivity contribution in [2.45, 2.75) is 27.7 Å². The van der Waals surface area contributed by atoms with Gasteiger partial charge in [0, 0.05) is 17.6 Å². The van der Waals surface area contributed by atoms with Crippen LogP contribution in [0.15, 0.2) is 30.3 Å². The number of nitrogens with zero attached hydrogens (tertiary/aromatic N) is 1. The number of carbonyl (C=O) groups is 2. The van der Waals surface area contributed by atoms with E-state index in [4.69, 9.17) is 23.2 Å². The van der Waals surface area contributed by atoms with E-state index in [0.717, 1.165) is 16.7 Å². The van der Waals surface area contributed by atoms with Gasteiger partial charge in [0.15, 0.2) is 0 Å². The summed E-state index contributed by atoms with van der Waals surface area (Å²) in [6, 6.07) is 8.91. The first-order valence-corrected chi connectivity index (χ1v) is 8.55. The van der Waals surface area contributed by atoms with Gasteiger partial charge in [-0.15, -0.1) is 0 Å². The summed E-state index contributed by atoms with van der Waals surface area (Å²) >= 11 is 12.2. The van der Waals surface area contributed by atoms with Crippen molar-refractivity contribution >= 4 is 46.4 Å². The number of amides is 2. The van der Waals surface area contributed by atoms with Gasteiger partial charge in [0.2, 0.25) is 11.8 Å². The number of hydrogen-bond acceptors (Lipinski definition) is 2. The standard InChI is InChI=1S/C19H20Cl2N2O2/c1-11-7-13(3)19(16(21)8-11)23(14(4)24)10-18(25)22-17-6-5-15(20)9-12(17)2/h5-9H,10H2,1-4H3,(H,22,25). The second-order valence-corrected chi connectivity index (χ2v) is 6.87. The van der Waals surface area contributed by atoms with Crippen molar-refractivity contribution < 1.29 is 9.59 Å². The first-order valence-electron chi connectivity index (χ1n) is 7.80. The minimum absolute atomic E-state index is 0.124. The molecule has 0 radical (unpaired) electrons. The molecule has 0 atom stereocenters. The number of hydrogen-bond donors (Lipinski definition) is 1. The molecule has 25 heavy (non-hydrogen) atoms. The summed E-state index contributed by atoms with van der Waals surface area (Å²) in [5.41, 5.74) is 3.90. The van der Waals surface area contributed by atoms with Gasteiger partial charge >= 0.3 is 0 Å². The van der Waals surface area contributed by atoms with Crippen LogP contribution in [0.3, 0.4) is 0 Å². The molecule has 2 aromatic carbocycles. The number of rotatable bonds is 4. The van der Waals surface area contributed by atoms with Crippen molar-refractivity contribution in [2.75, 3.05) is 16.8 Å². The molecule has 0 aromatic heterocycles. The van der Waals surface area contributed by atoms with Crippen molar-refractivity contribution in [3.8, 4) is 0 Å². The minimum Gasteiger partial charge on any atom is -0.324 e. The van der Waals surface area contributed by atoms with E-state index in [2.05, 4.69) is 5.32 Å². The summed E-state index contributed by atoms with van der Waals surface area (Å²) in [6.07, 6.45) is 0. The van der Waals surface area contributed by atoms with E-state index in [9.17, 15) is 9.59 Å². The molecular weight excluding hydrogens is 359 g/mol. The normalized spacial score (nSPS) is 10.5. The molecule has 0 saturated heterocycles. The van der Waals surface area contributed by atoms with Crippen molar-refractivity contribution in [1.29, 1.82) is 0 Å². The van der Waals surface area contributed by atoms with Crippen LogP contribution in [-0.4, -0.2) is 18.4 Å². The molecule has 6 heteroatoms. The number of aryl methyl sites for hydroxylation is 3. The number of nitrogens with one attached hydrogen (secondary N) is 1. The van der Waals surface area contributed by atoms with E-state index >= 15 is 0 Å². The average Bonchev–Trinajstić information content (AvgIpc) is 2.48. The number of anilines is 2. The second-order valence-electron chi connectivity index (χ2n) is 6.02. The summed E-state index contributed by atoms with van der Waals surface area (Å²) in [4.78, 5) is 25.9. The zero-order chi connectivity index (χ0) is 18.7. The third kappa shape index (κ3) is 4.74. The highest BCUT2D eigenvalue weighted by Crippen LogP contribution is 2.31. The Morgan fingerprint density at radius 1 is 1.04 bits per heavy atom. The molecule has 0 aliphatic carbocycles. The van der Waals surface area contributed by atoms with Crippen LogP contribution in [-0.2, 0) is 9.59 Å². The summed E-state index contributed by atoms with van der Waals surface area (Å²) < 4.78 is 0. The van der Waals surface area contributed by atoms with Crippen LogP contribution in [0.5, 0.6) is 0 Å². The molecule has 0 aliphatic heterocycles. The van der Waals surface area contributed by atoms with E-state index in [0.29, 0.717) is 21.4 Å². The lowest BCUT2D eigenvalue weighted by Crippen LogP contribution is -2.37. The van der Waals surface area contributed by atoms with Gasteiger partial charge < -0.3 is 10.2 Å². The van der Waals surface area contributed by atoms with Crippen molar-refractivity contribution in [2.24, 2.45) is 0 Å². The van der Waals surface area contributed by atoms with Crippen LogP contribution >= 0.6 is 23.2 Å². The maximum absolute atomic E-state index is 12.4. The van der Waals surface area contributed by atoms with Gasteiger partial charge in [0.25, 0.3) is 0 Å². The Labute approximate surface area is 157 Å². The Kier molecular flexibility index (Phi) is 6.09. The highest BCUT2D eigenvalue weighted by atomic mass is 35.5. The SMILES string of the molecule is CC(=O)N(CC(=O)Nc1ccc(Cl)cc1C)c1c(C)cc(C)cc1Cl. The Morgan fingerprint density at radius 2 is 1.72 bits per heavy atom. The lowest BCUT2D eigenvalue weighted by Gasteiger charge is -2.24. The molecule has 4 nitrogen and oxygen atoms in total. The highest BCUT2D eigenvalue weighted by molar-refractivity contribution is 6.34. The maximum Gasteiger partial charge on any atom is 0.244 e. The van der Waals surface area contributed by atoms with Gasteiger partial charge in [-0.3, -0.25) is 9.59 Å². The molecule has 0 fully saturated rings. The highest BCUT2D eigenvalue weighted by Gasteiger charge is 2.21. The Morgan fingerprint density at radius 3 is 2.28 bits per heavy atom. The first kappa shape index (κ1) is 19.3. The topological polar surface area (TPSA) is 49.4 Å². The molecule has 1 N–H and O–H groups in total. The molecule has 2 rings (SSSR count).